The number of hydrogen-bond donors (Lipinski definition) is 2. The van der Waals surface area contributed by atoms with Crippen LogP contribution in [0.4, 0.5) is 5.82 Å². The van der Waals surface area contributed by atoms with E-state index in [9.17, 15) is 0 Å². The number of nitrogens with one attached hydrogen (secondary N) is 2. The highest BCUT2D eigenvalue weighted by molar-refractivity contribution is 5.80. The Balaban J connectivity index is 2.36. The molecule has 2 rings (SSSR count). The van der Waals surface area contributed by atoms with E-state index in [0.717, 1.165) is 24.4 Å². The highest BCUT2D eigenvalue weighted by Gasteiger charge is 1.98. The fraction of sp³-hybridized carbons (Fsp3) is 0.308. The van der Waals surface area contributed by atoms with Crippen molar-refractivity contribution in [2.45, 2.75) is 13.5 Å². The lowest BCUT2D eigenvalue weighted by molar-refractivity contribution is 0.819. The number of fused-ring (bicyclic) bond motifs is 1. The molecule has 0 unspecified atom stereocenters. The van der Waals surface area contributed by atoms with E-state index < -0.39 is 0 Å². The summed E-state index contributed by atoms with van der Waals surface area (Å²) in [6.07, 6.45) is 0. The summed E-state index contributed by atoms with van der Waals surface area (Å²) >= 11 is 0. The molecule has 1 aromatic heterocycles. The fourth-order valence-corrected chi connectivity index (χ4v) is 1.77. The van der Waals surface area contributed by atoms with Crippen LogP contribution in [0.15, 0.2) is 30.3 Å². The Hall–Kier alpha value is -1.61. The van der Waals surface area contributed by atoms with E-state index in [0.29, 0.717) is 0 Å². The summed E-state index contributed by atoms with van der Waals surface area (Å²) in [4.78, 5) is 4.53. The number of pyridine rings is 1. The smallest absolute Gasteiger partial charge is 0.126 e. The summed E-state index contributed by atoms with van der Waals surface area (Å²) in [6.45, 7) is 3.86. The normalized spacial score (nSPS) is 10.6. The Morgan fingerprint density at radius 1 is 1.19 bits per heavy atom. The van der Waals surface area contributed by atoms with Crippen molar-refractivity contribution in [2.75, 3.05) is 18.9 Å². The lowest BCUT2D eigenvalue weighted by Crippen LogP contribution is -2.04. The summed E-state index contributed by atoms with van der Waals surface area (Å²) < 4.78 is 0. The van der Waals surface area contributed by atoms with Crippen LogP contribution in [0.2, 0.25) is 0 Å². The second-order valence-electron chi connectivity index (χ2n) is 3.78. The number of rotatable bonds is 4. The van der Waals surface area contributed by atoms with Gasteiger partial charge < -0.3 is 10.6 Å². The molecule has 3 heteroatoms. The van der Waals surface area contributed by atoms with Crippen LogP contribution in [0.25, 0.3) is 10.9 Å². The molecule has 0 atom stereocenters. The van der Waals surface area contributed by atoms with Gasteiger partial charge in [-0.25, -0.2) is 4.98 Å². The second kappa shape index (κ2) is 4.94. The van der Waals surface area contributed by atoms with Gasteiger partial charge in [-0.15, -0.1) is 0 Å². The molecule has 0 amide bonds. The zero-order chi connectivity index (χ0) is 11.4. The molecule has 1 heterocycles. The standard InChI is InChI=1S/C13H17N3/c1-3-15-13-7-5-11-8-10(9-14-2)4-6-12(11)16-13/h4-8,14H,3,9H2,1-2H3,(H,15,16). The SMILES string of the molecule is CCNc1ccc2cc(CNC)ccc2n1. The number of anilines is 1. The number of nitrogens with zero attached hydrogens (tertiary/aromatic N) is 1. The van der Waals surface area contributed by atoms with Crippen LogP contribution in [0, 0.1) is 0 Å². The molecular formula is C13H17N3. The third-order valence-corrected chi connectivity index (χ3v) is 2.49. The van der Waals surface area contributed by atoms with Crippen LogP contribution in [-0.4, -0.2) is 18.6 Å². The van der Waals surface area contributed by atoms with Gasteiger partial charge >= 0.3 is 0 Å². The lowest BCUT2D eigenvalue weighted by Gasteiger charge is -2.05. The molecule has 0 aliphatic carbocycles. The van der Waals surface area contributed by atoms with Gasteiger partial charge in [0.2, 0.25) is 0 Å². The monoisotopic (exact) mass is 215 g/mol. The molecule has 0 saturated carbocycles. The Morgan fingerprint density at radius 3 is 2.81 bits per heavy atom. The zero-order valence-electron chi connectivity index (χ0n) is 9.75. The maximum Gasteiger partial charge on any atom is 0.126 e. The topological polar surface area (TPSA) is 37.0 Å². The third kappa shape index (κ3) is 2.31. The first-order valence-corrected chi connectivity index (χ1v) is 5.61. The van der Waals surface area contributed by atoms with Crippen molar-refractivity contribution in [3.05, 3.63) is 35.9 Å². The van der Waals surface area contributed by atoms with Gasteiger partial charge in [-0.2, -0.15) is 0 Å². The highest BCUT2D eigenvalue weighted by atomic mass is 15.0. The van der Waals surface area contributed by atoms with Crippen molar-refractivity contribution in [1.29, 1.82) is 0 Å². The Bertz CT molecular complexity index is 434. The quantitative estimate of drug-likeness (QED) is 0.822. The van der Waals surface area contributed by atoms with E-state index in [-0.39, 0.29) is 0 Å². The van der Waals surface area contributed by atoms with Gasteiger partial charge in [0.1, 0.15) is 5.82 Å². The average molecular weight is 215 g/mol. The van der Waals surface area contributed by atoms with Crippen LogP contribution in [0.1, 0.15) is 12.5 Å². The average Bonchev–Trinajstić information content (AvgIpc) is 2.30. The maximum atomic E-state index is 4.53. The van der Waals surface area contributed by atoms with E-state index in [2.05, 4.69) is 46.8 Å². The Labute approximate surface area is 95.9 Å². The Kier molecular flexibility index (Phi) is 3.37. The molecule has 16 heavy (non-hydrogen) atoms. The van der Waals surface area contributed by atoms with Crippen LogP contribution in [-0.2, 0) is 6.54 Å². The zero-order valence-corrected chi connectivity index (χ0v) is 9.75. The van der Waals surface area contributed by atoms with Crippen LogP contribution in [0.3, 0.4) is 0 Å². The van der Waals surface area contributed by atoms with Gasteiger partial charge in [-0.05, 0) is 43.8 Å². The van der Waals surface area contributed by atoms with Crippen molar-refractivity contribution < 1.29 is 0 Å². The molecule has 0 aliphatic rings. The maximum absolute atomic E-state index is 4.53. The van der Waals surface area contributed by atoms with E-state index >= 15 is 0 Å². The summed E-state index contributed by atoms with van der Waals surface area (Å²) in [6, 6.07) is 10.5. The van der Waals surface area contributed by atoms with Crippen molar-refractivity contribution in [1.82, 2.24) is 10.3 Å². The first-order chi connectivity index (χ1) is 7.83. The van der Waals surface area contributed by atoms with Gasteiger partial charge in [0, 0.05) is 18.5 Å². The van der Waals surface area contributed by atoms with Crippen molar-refractivity contribution >= 4 is 16.7 Å². The first kappa shape index (κ1) is 10.9. The van der Waals surface area contributed by atoms with Crippen LogP contribution >= 0.6 is 0 Å². The molecule has 0 saturated heterocycles. The number of aromatic nitrogens is 1. The van der Waals surface area contributed by atoms with Crippen LogP contribution < -0.4 is 10.6 Å². The van der Waals surface area contributed by atoms with E-state index in [4.69, 9.17) is 0 Å². The molecule has 0 spiro atoms. The minimum Gasteiger partial charge on any atom is -0.370 e. The summed E-state index contributed by atoms with van der Waals surface area (Å²) in [5.41, 5.74) is 2.33. The molecule has 0 fully saturated rings. The summed E-state index contributed by atoms with van der Waals surface area (Å²) in [7, 11) is 1.96. The van der Waals surface area contributed by atoms with E-state index in [1.54, 1.807) is 0 Å². The Morgan fingerprint density at radius 2 is 2.06 bits per heavy atom. The molecule has 1 aromatic carbocycles. The molecule has 0 aliphatic heterocycles. The minimum atomic E-state index is 0.894. The predicted octanol–water partition coefficient (Wildman–Crippen LogP) is 2.39. The van der Waals surface area contributed by atoms with E-state index in [1.807, 2.05) is 13.1 Å². The minimum absolute atomic E-state index is 0.894. The third-order valence-electron chi connectivity index (χ3n) is 2.49. The predicted molar refractivity (Wildman–Crippen MR) is 68.7 cm³/mol. The van der Waals surface area contributed by atoms with E-state index in [1.165, 1.54) is 10.9 Å². The molecule has 0 radical (unpaired) electrons. The van der Waals surface area contributed by atoms with Crippen LogP contribution in [0.5, 0.6) is 0 Å². The van der Waals surface area contributed by atoms with Gasteiger partial charge in [-0.1, -0.05) is 6.07 Å². The highest BCUT2D eigenvalue weighted by Crippen LogP contribution is 2.16. The van der Waals surface area contributed by atoms with Gasteiger partial charge in [0.05, 0.1) is 5.52 Å². The molecule has 2 aromatic rings. The van der Waals surface area contributed by atoms with Gasteiger partial charge in [0.15, 0.2) is 0 Å². The molecule has 3 nitrogen and oxygen atoms in total. The fourth-order valence-electron chi connectivity index (χ4n) is 1.77. The molecular weight excluding hydrogens is 198 g/mol. The number of hydrogen-bond acceptors (Lipinski definition) is 3. The van der Waals surface area contributed by atoms with Crippen molar-refractivity contribution in [3.63, 3.8) is 0 Å². The lowest BCUT2D eigenvalue weighted by atomic mass is 10.1. The second-order valence-corrected chi connectivity index (χ2v) is 3.78. The van der Waals surface area contributed by atoms with Crippen molar-refractivity contribution in [2.24, 2.45) is 0 Å². The molecule has 0 bridgehead atoms. The van der Waals surface area contributed by atoms with Gasteiger partial charge in [-0.3, -0.25) is 0 Å². The largest absolute Gasteiger partial charge is 0.370 e. The first-order valence-electron chi connectivity index (χ1n) is 5.61. The number of benzene rings is 1. The summed E-state index contributed by atoms with van der Waals surface area (Å²) in [5.74, 6) is 0.941. The van der Waals surface area contributed by atoms with Crippen molar-refractivity contribution in [3.8, 4) is 0 Å². The molecule has 2 N–H and O–H groups in total. The summed E-state index contributed by atoms with van der Waals surface area (Å²) in [5, 5.41) is 7.55. The molecule has 84 valence electrons. The van der Waals surface area contributed by atoms with Gasteiger partial charge in [0.25, 0.3) is 0 Å².